The molecular formula is C85H56N2. The summed E-state index contributed by atoms with van der Waals surface area (Å²) in [7, 11) is 0. The van der Waals surface area contributed by atoms with E-state index in [0.717, 1.165) is 5.69 Å². The SMILES string of the molecule is c1ccc(-c2ccc(-c3cccc(C4(c5cccc(-c6ccc(-c7ccc(-n8c9ccccc9c9cc(-c%10ccc%11c(c%10)c%10ccccc%10n%11-c%10ccccc%10-c%10ccccc%10)ccc98)cc7)cc6)c5)c5ccccc5-c5ccccc54)c3)cc2)cc1. The molecule has 2 nitrogen and oxygen atoms in total. The van der Waals surface area contributed by atoms with Crippen LogP contribution in [0.3, 0.4) is 0 Å². The van der Waals surface area contributed by atoms with Gasteiger partial charge in [0.2, 0.25) is 0 Å². The number of benzene rings is 14. The van der Waals surface area contributed by atoms with Gasteiger partial charge in [-0.3, -0.25) is 0 Å². The van der Waals surface area contributed by atoms with E-state index in [9.17, 15) is 0 Å². The Morgan fingerprint density at radius 3 is 1.07 bits per heavy atom. The van der Waals surface area contributed by atoms with Crippen molar-refractivity contribution in [3.8, 4) is 89.3 Å². The van der Waals surface area contributed by atoms with Crippen molar-refractivity contribution in [1.29, 1.82) is 0 Å². The maximum atomic E-state index is 2.44. The standard InChI is InChI=1S/C85H56N2/c1-3-19-57(20-4-1)58-37-41-61(42-38-58)64-23-17-25-68(53-64)85(78-32-12-7-28-72(78)73-29-8-13-33-79(73)85)69-26-18-24-65(54-69)62-43-39-59(40-44-62)60-45-49-70(50-46-60)86-81-35-15-10-30-74(81)76-55-66(47-51-83(76)86)67-48-52-84-77(56-67)75-31-11-16-36-82(75)87(84)80-34-14-9-27-71(80)63-21-5-2-6-22-63/h1-56H. The molecule has 17 rings (SSSR count). The molecule has 0 fully saturated rings. The molecule has 406 valence electrons. The first-order valence-corrected chi connectivity index (χ1v) is 30.1. The molecule has 0 N–H and O–H groups in total. The minimum atomic E-state index is -0.542. The molecule has 1 aliphatic rings. The minimum absolute atomic E-state index is 0.542. The van der Waals surface area contributed by atoms with Gasteiger partial charge in [-0.05, 0) is 161 Å². The van der Waals surface area contributed by atoms with Crippen molar-refractivity contribution >= 4 is 43.6 Å². The highest BCUT2D eigenvalue weighted by Gasteiger charge is 2.46. The first-order chi connectivity index (χ1) is 43.1. The van der Waals surface area contributed by atoms with Crippen LogP contribution in [0.5, 0.6) is 0 Å². The summed E-state index contributed by atoms with van der Waals surface area (Å²) in [6.07, 6.45) is 0. The van der Waals surface area contributed by atoms with Crippen LogP contribution in [0.15, 0.2) is 340 Å². The summed E-state index contributed by atoms with van der Waals surface area (Å²) in [6.45, 7) is 0. The Labute approximate surface area is 506 Å². The van der Waals surface area contributed by atoms with Crippen molar-refractivity contribution in [3.05, 3.63) is 362 Å². The van der Waals surface area contributed by atoms with Gasteiger partial charge < -0.3 is 9.13 Å². The molecule has 0 spiro atoms. The van der Waals surface area contributed by atoms with E-state index in [-0.39, 0.29) is 0 Å². The van der Waals surface area contributed by atoms with E-state index in [1.54, 1.807) is 0 Å². The molecule has 0 saturated carbocycles. The molecule has 0 saturated heterocycles. The second-order valence-electron chi connectivity index (χ2n) is 23.1. The van der Waals surface area contributed by atoms with E-state index in [2.05, 4.69) is 349 Å². The third kappa shape index (κ3) is 8.17. The van der Waals surface area contributed by atoms with Gasteiger partial charge in [0, 0.05) is 32.8 Å². The second-order valence-corrected chi connectivity index (χ2v) is 23.1. The number of para-hydroxylation sites is 3. The Balaban J connectivity index is 0.691. The summed E-state index contributed by atoms with van der Waals surface area (Å²) in [5.74, 6) is 0. The smallest absolute Gasteiger partial charge is 0.0713 e. The molecule has 0 radical (unpaired) electrons. The maximum Gasteiger partial charge on any atom is 0.0713 e. The molecule has 1 aliphatic carbocycles. The van der Waals surface area contributed by atoms with Crippen LogP contribution >= 0.6 is 0 Å². The first kappa shape index (κ1) is 50.2. The quantitative estimate of drug-likeness (QED) is 0.129. The van der Waals surface area contributed by atoms with Crippen molar-refractivity contribution in [1.82, 2.24) is 9.13 Å². The largest absolute Gasteiger partial charge is 0.309 e. The van der Waals surface area contributed by atoms with Gasteiger partial charge in [0.15, 0.2) is 0 Å². The lowest BCUT2D eigenvalue weighted by molar-refractivity contribution is 0.769. The van der Waals surface area contributed by atoms with Crippen LogP contribution in [0.1, 0.15) is 22.3 Å². The maximum absolute atomic E-state index is 2.44. The van der Waals surface area contributed by atoms with E-state index in [1.165, 1.54) is 149 Å². The normalized spacial score (nSPS) is 12.5. The van der Waals surface area contributed by atoms with Gasteiger partial charge in [-0.2, -0.15) is 0 Å². The van der Waals surface area contributed by atoms with Crippen LogP contribution < -0.4 is 0 Å². The van der Waals surface area contributed by atoms with Gasteiger partial charge in [-0.15, -0.1) is 0 Å². The lowest BCUT2D eigenvalue weighted by Gasteiger charge is -2.34. The van der Waals surface area contributed by atoms with Gasteiger partial charge in [0.05, 0.1) is 33.2 Å². The lowest BCUT2D eigenvalue weighted by Crippen LogP contribution is -2.28. The highest BCUT2D eigenvalue weighted by molar-refractivity contribution is 6.13. The highest BCUT2D eigenvalue weighted by Crippen LogP contribution is 2.57. The first-order valence-electron chi connectivity index (χ1n) is 30.1. The molecule has 0 bridgehead atoms. The van der Waals surface area contributed by atoms with Crippen LogP contribution in [0, 0.1) is 0 Å². The van der Waals surface area contributed by atoms with E-state index in [4.69, 9.17) is 0 Å². The molecule has 2 aromatic heterocycles. The Hall–Kier alpha value is -11.3. The molecule has 2 heterocycles. The molecular weight excluding hydrogens is 1050 g/mol. The lowest BCUT2D eigenvalue weighted by atomic mass is 9.67. The number of hydrogen-bond acceptors (Lipinski definition) is 0. The average molecular weight is 1110 g/mol. The molecule has 2 heteroatoms. The second kappa shape index (κ2) is 20.5. The third-order valence-electron chi connectivity index (χ3n) is 18.5. The van der Waals surface area contributed by atoms with Crippen LogP contribution in [0.4, 0.5) is 0 Å². The number of fused-ring (bicyclic) bond motifs is 9. The van der Waals surface area contributed by atoms with E-state index in [1.807, 2.05) is 0 Å². The van der Waals surface area contributed by atoms with Gasteiger partial charge in [0.1, 0.15) is 0 Å². The van der Waals surface area contributed by atoms with E-state index >= 15 is 0 Å². The summed E-state index contributed by atoms with van der Waals surface area (Å²) in [6, 6.07) is 126. The van der Waals surface area contributed by atoms with Crippen molar-refractivity contribution in [2.24, 2.45) is 0 Å². The predicted octanol–water partition coefficient (Wildman–Crippen LogP) is 22.2. The molecule has 16 aromatic rings. The van der Waals surface area contributed by atoms with Crippen LogP contribution in [0.2, 0.25) is 0 Å². The fraction of sp³-hybridized carbons (Fsp3) is 0.0118. The predicted molar refractivity (Wildman–Crippen MR) is 365 cm³/mol. The number of hydrogen-bond donors (Lipinski definition) is 0. The van der Waals surface area contributed by atoms with Crippen molar-refractivity contribution < 1.29 is 0 Å². The van der Waals surface area contributed by atoms with Crippen molar-refractivity contribution in [2.45, 2.75) is 5.41 Å². The third-order valence-corrected chi connectivity index (χ3v) is 18.5. The Bertz CT molecular complexity index is 5250. The monoisotopic (exact) mass is 1100 g/mol. The minimum Gasteiger partial charge on any atom is -0.309 e. The number of nitrogens with zero attached hydrogens (tertiary/aromatic N) is 2. The van der Waals surface area contributed by atoms with Crippen LogP contribution in [-0.2, 0) is 5.41 Å². The van der Waals surface area contributed by atoms with E-state index < -0.39 is 5.41 Å². The summed E-state index contributed by atoms with van der Waals surface area (Å²) >= 11 is 0. The Morgan fingerprint density at radius 1 is 0.195 bits per heavy atom. The zero-order chi connectivity index (χ0) is 57.4. The Kier molecular flexibility index (Phi) is 11.8. The van der Waals surface area contributed by atoms with Crippen LogP contribution in [-0.4, -0.2) is 9.13 Å². The van der Waals surface area contributed by atoms with Gasteiger partial charge in [-0.25, -0.2) is 0 Å². The van der Waals surface area contributed by atoms with Crippen molar-refractivity contribution in [2.75, 3.05) is 0 Å². The van der Waals surface area contributed by atoms with Gasteiger partial charge in [0.25, 0.3) is 0 Å². The summed E-state index contributed by atoms with van der Waals surface area (Å²) in [5.41, 5.74) is 28.6. The fourth-order valence-corrected chi connectivity index (χ4v) is 14.4. The summed E-state index contributed by atoms with van der Waals surface area (Å²) in [4.78, 5) is 0. The van der Waals surface area contributed by atoms with Crippen molar-refractivity contribution in [3.63, 3.8) is 0 Å². The van der Waals surface area contributed by atoms with Gasteiger partial charge >= 0.3 is 0 Å². The van der Waals surface area contributed by atoms with Gasteiger partial charge in [-0.1, -0.05) is 273 Å². The summed E-state index contributed by atoms with van der Waals surface area (Å²) in [5, 5.41) is 4.95. The van der Waals surface area contributed by atoms with E-state index in [0.29, 0.717) is 0 Å². The molecule has 0 amide bonds. The summed E-state index contributed by atoms with van der Waals surface area (Å²) < 4.78 is 4.86. The number of rotatable bonds is 10. The fourth-order valence-electron chi connectivity index (χ4n) is 14.4. The topological polar surface area (TPSA) is 9.86 Å². The number of aromatic nitrogens is 2. The molecule has 87 heavy (non-hydrogen) atoms. The Morgan fingerprint density at radius 2 is 0.540 bits per heavy atom. The zero-order valence-electron chi connectivity index (χ0n) is 47.7. The average Bonchev–Trinajstić information content (AvgIpc) is 1.65. The van der Waals surface area contributed by atoms with Crippen LogP contribution in [0.25, 0.3) is 133 Å². The molecule has 0 atom stereocenters. The zero-order valence-corrected chi connectivity index (χ0v) is 47.7. The molecule has 0 unspecified atom stereocenters. The highest BCUT2D eigenvalue weighted by atomic mass is 15.0. The molecule has 0 aliphatic heterocycles. The molecule has 14 aromatic carbocycles.